The Hall–Kier alpha value is -0.850. The maximum absolute atomic E-state index is 11.1. The van der Waals surface area contributed by atoms with Crippen LogP contribution in [0.1, 0.15) is 26.7 Å². The molecule has 1 heteroatoms. The first-order valence-electron chi connectivity index (χ1n) is 3.98. The molecule has 1 aliphatic rings. The predicted octanol–water partition coefficient (Wildman–Crippen LogP) is 2.49. The molecule has 0 saturated heterocycles. The lowest BCUT2D eigenvalue weighted by atomic mass is 9.86. The summed E-state index contributed by atoms with van der Waals surface area (Å²) in [7, 11) is 0. The van der Waals surface area contributed by atoms with Gasteiger partial charge in [0.2, 0.25) is 0 Å². The molecule has 0 bridgehead atoms. The van der Waals surface area contributed by atoms with Crippen LogP contribution < -0.4 is 0 Å². The number of allylic oxidation sites excluding steroid dienone is 3. The second-order valence-electron chi connectivity index (χ2n) is 3.26. The Balaban J connectivity index is 2.77. The molecule has 0 heterocycles. The zero-order chi connectivity index (χ0) is 8.43. The summed E-state index contributed by atoms with van der Waals surface area (Å²) in [5.41, 5.74) is 2.07. The minimum Gasteiger partial charge on any atom is -0.295 e. The average molecular weight is 150 g/mol. The van der Waals surface area contributed by atoms with Gasteiger partial charge in [0.1, 0.15) is 0 Å². The van der Waals surface area contributed by atoms with E-state index in [2.05, 4.69) is 6.58 Å². The Morgan fingerprint density at radius 2 is 2.36 bits per heavy atom. The largest absolute Gasteiger partial charge is 0.295 e. The number of ketones is 1. The molecule has 0 N–H and O–H groups in total. The van der Waals surface area contributed by atoms with Gasteiger partial charge in [-0.1, -0.05) is 18.2 Å². The van der Waals surface area contributed by atoms with E-state index in [1.165, 1.54) is 0 Å². The van der Waals surface area contributed by atoms with E-state index in [0.717, 1.165) is 17.6 Å². The monoisotopic (exact) mass is 150 g/mol. The summed E-state index contributed by atoms with van der Waals surface area (Å²) < 4.78 is 0. The highest BCUT2D eigenvalue weighted by Gasteiger charge is 2.17. The zero-order valence-corrected chi connectivity index (χ0v) is 7.18. The quantitative estimate of drug-likeness (QED) is 0.525. The van der Waals surface area contributed by atoms with Gasteiger partial charge in [0.15, 0.2) is 5.78 Å². The summed E-state index contributed by atoms with van der Waals surface area (Å²) in [4.78, 5) is 11.1. The molecule has 1 nitrogen and oxygen atoms in total. The number of Topliss-reactive ketones (excluding diaryl/α,β-unsaturated/α-hetero) is 1. The molecule has 0 aromatic rings. The Bertz CT molecular complexity index is 223. The molecule has 1 unspecified atom stereocenters. The van der Waals surface area contributed by atoms with Crippen molar-refractivity contribution in [3.8, 4) is 0 Å². The standard InChI is InChI=1S/C10H14O/c1-7(2)9-4-5-10(11)8(3)6-9/h6,9H,1,4-5H2,2-3H3. The maximum Gasteiger partial charge on any atom is 0.158 e. The van der Waals surface area contributed by atoms with Crippen molar-refractivity contribution in [2.24, 2.45) is 5.92 Å². The van der Waals surface area contributed by atoms with Crippen LogP contribution >= 0.6 is 0 Å². The highest BCUT2D eigenvalue weighted by molar-refractivity contribution is 5.95. The topological polar surface area (TPSA) is 17.1 Å². The third-order valence-electron chi connectivity index (χ3n) is 2.21. The molecule has 0 amide bonds. The highest BCUT2D eigenvalue weighted by Crippen LogP contribution is 2.24. The van der Waals surface area contributed by atoms with Gasteiger partial charge in [0, 0.05) is 6.42 Å². The third-order valence-corrected chi connectivity index (χ3v) is 2.21. The van der Waals surface area contributed by atoms with Crippen LogP contribution in [0.3, 0.4) is 0 Å². The Kier molecular flexibility index (Phi) is 2.28. The zero-order valence-electron chi connectivity index (χ0n) is 7.18. The molecular weight excluding hydrogens is 136 g/mol. The van der Waals surface area contributed by atoms with E-state index in [9.17, 15) is 4.79 Å². The van der Waals surface area contributed by atoms with E-state index in [1.807, 2.05) is 19.9 Å². The lowest BCUT2D eigenvalue weighted by Crippen LogP contribution is -2.12. The maximum atomic E-state index is 11.1. The number of hydrogen-bond acceptors (Lipinski definition) is 1. The molecule has 1 atom stereocenters. The lowest BCUT2D eigenvalue weighted by molar-refractivity contribution is -0.116. The lowest BCUT2D eigenvalue weighted by Gasteiger charge is -2.18. The van der Waals surface area contributed by atoms with Crippen LogP contribution in [0, 0.1) is 5.92 Å². The van der Waals surface area contributed by atoms with Gasteiger partial charge in [0.25, 0.3) is 0 Å². The van der Waals surface area contributed by atoms with Crippen molar-refractivity contribution in [2.45, 2.75) is 26.7 Å². The van der Waals surface area contributed by atoms with Gasteiger partial charge in [-0.15, -0.1) is 0 Å². The van der Waals surface area contributed by atoms with Gasteiger partial charge < -0.3 is 0 Å². The Morgan fingerprint density at radius 3 is 2.82 bits per heavy atom. The van der Waals surface area contributed by atoms with Crippen LogP contribution in [0.15, 0.2) is 23.8 Å². The summed E-state index contributed by atoms with van der Waals surface area (Å²) in [5, 5.41) is 0. The van der Waals surface area contributed by atoms with Crippen molar-refractivity contribution in [2.75, 3.05) is 0 Å². The average Bonchev–Trinajstić information content (AvgIpc) is 1.94. The van der Waals surface area contributed by atoms with Crippen molar-refractivity contribution >= 4 is 5.78 Å². The fourth-order valence-corrected chi connectivity index (χ4v) is 1.35. The van der Waals surface area contributed by atoms with Gasteiger partial charge in [-0.05, 0) is 31.8 Å². The molecule has 0 fully saturated rings. The van der Waals surface area contributed by atoms with Gasteiger partial charge >= 0.3 is 0 Å². The van der Waals surface area contributed by atoms with E-state index < -0.39 is 0 Å². The van der Waals surface area contributed by atoms with Gasteiger partial charge in [0.05, 0.1) is 0 Å². The van der Waals surface area contributed by atoms with E-state index in [4.69, 9.17) is 0 Å². The normalized spacial score (nSPS) is 24.7. The highest BCUT2D eigenvalue weighted by atomic mass is 16.1. The number of carbonyl (C=O) groups is 1. The van der Waals surface area contributed by atoms with Gasteiger partial charge in [-0.25, -0.2) is 0 Å². The van der Waals surface area contributed by atoms with Crippen LogP contribution in [-0.4, -0.2) is 5.78 Å². The Labute approximate surface area is 67.8 Å². The van der Waals surface area contributed by atoms with Crippen LogP contribution in [0.25, 0.3) is 0 Å². The summed E-state index contributed by atoms with van der Waals surface area (Å²) in [6.07, 6.45) is 3.68. The number of carbonyl (C=O) groups excluding carboxylic acids is 1. The van der Waals surface area contributed by atoms with E-state index >= 15 is 0 Å². The summed E-state index contributed by atoms with van der Waals surface area (Å²) >= 11 is 0. The van der Waals surface area contributed by atoms with Gasteiger partial charge in [-0.2, -0.15) is 0 Å². The van der Waals surface area contributed by atoms with Crippen molar-refractivity contribution in [3.63, 3.8) is 0 Å². The van der Waals surface area contributed by atoms with E-state index in [-0.39, 0.29) is 0 Å². The van der Waals surface area contributed by atoms with Crippen LogP contribution in [0.4, 0.5) is 0 Å². The van der Waals surface area contributed by atoms with Crippen LogP contribution in [0.5, 0.6) is 0 Å². The summed E-state index contributed by atoms with van der Waals surface area (Å²) in [5.74, 6) is 0.732. The second kappa shape index (κ2) is 3.04. The second-order valence-corrected chi connectivity index (χ2v) is 3.26. The summed E-state index contributed by atoms with van der Waals surface area (Å²) in [6.45, 7) is 7.79. The molecular formula is C10H14O. The van der Waals surface area contributed by atoms with Crippen molar-refractivity contribution in [1.82, 2.24) is 0 Å². The first-order chi connectivity index (χ1) is 5.11. The molecule has 60 valence electrons. The number of rotatable bonds is 1. The molecule has 0 radical (unpaired) electrons. The fraction of sp³-hybridized carbons (Fsp3) is 0.500. The molecule has 0 spiro atoms. The minimum atomic E-state index is 0.294. The van der Waals surface area contributed by atoms with Crippen LogP contribution in [-0.2, 0) is 4.79 Å². The molecule has 0 aromatic heterocycles. The third kappa shape index (κ3) is 1.79. The van der Waals surface area contributed by atoms with E-state index in [1.54, 1.807) is 0 Å². The first-order valence-corrected chi connectivity index (χ1v) is 3.98. The van der Waals surface area contributed by atoms with Crippen molar-refractivity contribution in [1.29, 1.82) is 0 Å². The fourth-order valence-electron chi connectivity index (χ4n) is 1.35. The molecule has 11 heavy (non-hydrogen) atoms. The molecule has 0 aromatic carbocycles. The predicted molar refractivity (Wildman–Crippen MR) is 46.3 cm³/mol. The van der Waals surface area contributed by atoms with Gasteiger partial charge in [-0.3, -0.25) is 4.79 Å². The van der Waals surface area contributed by atoms with Crippen molar-refractivity contribution < 1.29 is 4.79 Å². The smallest absolute Gasteiger partial charge is 0.158 e. The molecule has 0 saturated carbocycles. The Morgan fingerprint density at radius 1 is 1.73 bits per heavy atom. The van der Waals surface area contributed by atoms with Crippen molar-refractivity contribution in [3.05, 3.63) is 23.8 Å². The molecule has 0 aliphatic heterocycles. The van der Waals surface area contributed by atoms with Crippen LogP contribution in [0.2, 0.25) is 0 Å². The van der Waals surface area contributed by atoms with E-state index in [0.29, 0.717) is 18.1 Å². The molecule has 1 aliphatic carbocycles. The summed E-state index contributed by atoms with van der Waals surface area (Å²) in [6, 6.07) is 0. The SMILES string of the molecule is C=C(C)C1C=C(C)C(=O)CC1. The number of hydrogen-bond donors (Lipinski definition) is 0. The first kappa shape index (κ1) is 8.25. The molecule has 1 rings (SSSR count). The minimum absolute atomic E-state index is 0.294.